The van der Waals surface area contributed by atoms with E-state index in [1.54, 1.807) is 11.9 Å². The normalized spacial score (nSPS) is 21.9. The maximum Gasteiger partial charge on any atom is 0.225 e. The highest BCUT2D eigenvalue weighted by Crippen LogP contribution is 2.27. The summed E-state index contributed by atoms with van der Waals surface area (Å²) in [5.41, 5.74) is 5.94. The second-order valence-electron chi connectivity index (χ2n) is 5.17. The Morgan fingerprint density at radius 3 is 2.74 bits per heavy atom. The third kappa shape index (κ3) is 3.29. The minimum absolute atomic E-state index is 0.00245. The summed E-state index contributed by atoms with van der Waals surface area (Å²) < 4.78 is 26.4. The molecule has 1 aliphatic rings. The Morgan fingerprint density at radius 2 is 2.11 bits per heavy atom. The third-order valence-corrected chi connectivity index (χ3v) is 3.62. The van der Waals surface area contributed by atoms with Crippen molar-refractivity contribution in [3.63, 3.8) is 0 Å². The monoisotopic (exact) mass is 268 g/mol. The van der Waals surface area contributed by atoms with E-state index in [2.05, 4.69) is 0 Å². The molecule has 2 N–H and O–H groups in total. The number of halogens is 2. The number of likely N-dealkylation sites (N-methyl/N-ethyl adjacent to an activating group) is 1. The molecule has 0 bridgehead atoms. The van der Waals surface area contributed by atoms with Gasteiger partial charge in [0.25, 0.3) is 0 Å². The van der Waals surface area contributed by atoms with E-state index in [4.69, 9.17) is 5.73 Å². The average Bonchev–Trinajstić information content (AvgIpc) is 2.35. The van der Waals surface area contributed by atoms with E-state index in [1.165, 1.54) is 6.07 Å². The number of rotatable bonds is 4. The summed E-state index contributed by atoms with van der Waals surface area (Å²) >= 11 is 0. The molecule has 1 aromatic rings. The number of carbonyl (C=O) groups excluding carboxylic acids is 1. The first-order valence-electron chi connectivity index (χ1n) is 6.42. The van der Waals surface area contributed by atoms with Crippen LogP contribution in [0, 0.1) is 17.6 Å². The molecular formula is C14H18F2N2O. The van der Waals surface area contributed by atoms with Crippen LogP contribution in [0.2, 0.25) is 0 Å². The molecule has 0 aliphatic heterocycles. The first-order chi connectivity index (χ1) is 8.97. The van der Waals surface area contributed by atoms with E-state index in [9.17, 15) is 13.6 Å². The standard InChI is InChI=1S/C14H18F2N2O/c1-18(14(19)10-7-12(17)8-10)5-4-9-6-11(15)2-3-13(9)16/h2-3,6,10,12H,4-5,7-8,17H2,1H3. The Hall–Kier alpha value is -1.49. The minimum atomic E-state index is -0.463. The highest BCUT2D eigenvalue weighted by atomic mass is 19.1. The number of amides is 1. The lowest BCUT2D eigenvalue weighted by Crippen LogP contribution is -2.46. The highest BCUT2D eigenvalue weighted by molar-refractivity contribution is 5.79. The molecule has 2 rings (SSSR count). The van der Waals surface area contributed by atoms with Crippen molar-refractivity contribution in [1.82, 2.24) is 4.90 Å². The van der Waals surface area contributed by atoms with Crippen molar-refractivity contribution in [2.24, 2.45) is 11.7 Å². The van der Waals surface area contributed by atoms with Crippen LogP contribution in [-0.4, -0.2) is 30.4 Å². The van der Waals surface area contributed by atoms with Crippen LogP contribution in [0.3, 0.4) is 0 Å². The number of nitrogens with zero attached hydrogens (tertiary/aromatic N) is 1. The van der Waals surface area contributed by atoms with Crippen LogP contribution < -0.4 is 5.73 Å². The molecule has 19 heavy (non-hydrogen) atoms. The van der Waals surface area contributed by atoms with Gasteiger partial charge in [-0.15, -0.1) is 0 Å². The predicted molar refractivity (Wildman–Crippen MR) is 68.4 cm³/mol. The van der Waals surface area contributed by atoms with E-state index >= 15 is 0 Å². The molecular weight excluding hydrogens is 250 g/mol. The summed E-state index contributed by atoms with van der Waals surface area (Å²) in [7, 11) is 1.68. The summed E-state index contributed by atoms with van der Waals surface area (Å²) in [5, 5.41) is 0. The first-order valence-corrected chi connectivity index (χ1v) is 6.42. The van der Waals surface area contributed by atoms with Crippen LogP contribution in [0.4, 0.5) is 8.78 Å². The van der Waals surface area contributed by atoms with E-state index in [1.807, 2.05) is 0 Å². The summed E-state index contributed by atoms with van der Waals surface area (Å²) in [4.78, 5) is 13.5. The Morgan fingerprint density at radius 1 is 1.42 bits per heavy atom. The van der Waals surface area contributed by atoms with Gasteiger partial charge in [-0.25, -0.2) is 8.78 Å². The first kappa shape index (κ1) is 13.9. The molecule has 104 valence electrons. The topological polar surface area (TPSA) is 46.3 Å². The van der Waals surface area contributed by atoms with E-state index < -0.39 is 11.6 Å². The van der Waals surface area contributed by atoms with Gasteiger partial charge in [0.05, 0.1) is 0 Å². The Labute approximate surface area is 111 Å². The Balaban J connectivity index is 1.87. The third-order valence-electron chi connectivity index (χ3n) is 3.62. The van der Waals surface area contributed by atoms with E-state index in [0.717, 1.165) is 25.0 Å². The van der Waals surface area contributed by atoms with E-state index in [-0.39, 0.29) is 17.9 Å². The minimum Gasteiger partial charge on any atom is -0.345 e. The predicted octanol–water partition coefficient (Wildman–Crippen LogP) is 1.70. The molecule has 1 saturated carbocycles. The lowest BCUT2D eigenvalue weighted by molar-refractivity contribution is -0.137. The second-order valence-corrected chi connectivity index (χ2v) is 5.17. The molecule has 0 saturated heterocycles. The van der Waals surface area contributed by atoms with Crippen LogP contribution in [0.5, 0.6) is 0 Å². The molecule has 1 aliphatic carbocycles. The van der Waals surface area contributed by atoms with Gasteiger partial charge in [0.2, 0.25) is 5.91 Å². The number of hydrogen-bond donors (Lipinski definition) is 1. The Bertz CT molecular complexity index is 473. The van der Waals surface area contributed by atoms with Gasteiger partial charge in [0.15, 0.2) is 0 Å². The number of benzene rings is 1. The lowest BCUT2D eigenvalue weighted by Gasteiger charge is -2.34. The average molecular weight is 268 g/mol. The zero-order valence-electron chi connectivity index (χ0n) is 10.9. The molecule has 3 nitrogen and oxygen atoms in total. The molecule has 0 heterocycles. The fourth-order valence-electron chi connectivity index (χ4n) is 2.31. The van der Waals surface area contributed by atoms with Crippen LogP contribution in [0.25, 0.3) is 0 Å². The van der Waals surface area contributed by atoms with Crippen LogP contribution in [-0.2, 0) is 11.2 Å². The highest BCUT2D eigenvalue weighted by Gasteiger charge is 2.33. The van der Waals surface area contributed by atoms with Crippen LogP contribution in [0.1, 0.15) is 18.4 Å². The maximum absolute atomic E-state index is 13.4. The van der Waals surface area contributed by atoms with Crippen molar-refractivity contribution in [3.05, 3.63) is 35.4 Å². The zero-order chi connectivity index (χ0) is 14.0. The van der Waals surface area contributed by atoms with E-state index in [0.29, 0.717) is 18.5 Å². The second kappa shape index (κ2) is 5.65. The molecule has 1 fully saturated rings. The summed E-state index contributed by atoms with van der Waals surface area (Å²) in [5.74, 6) is -0.862. The number of hydrogen-bond acceptors (Lipinski definition) is 2. The van der Waals surface area contributed by atoms with Crippen LogP contribution >= 0.6 is 0 Å². The summed E-state index contributed by atoms with van der Waals surface area (Å²) in [6.07, 6.45) is 1.75. The van der Waals surface area contributed by atoms with Crippen molar-refractivity contribution >= 4 is 5.91 Å². The molecule has 0 spiro atoms. The van der Waals surface area contributed by atoms with Gasteiger partial charge in [-0.2, -0.15) is 0 Å². The molecule has 0 atom stereocenters. The van der Waals surface area contributed by atoms with Crippen molar-refractivity contribution in [1.29, 1.82) is 0 Å². The van der Waals surface area contributed by atoms with Gasteiger partial charge in [-0.3, -0.25) is 4.79 Å². The quantitative estimate of drug-likeness (QED) is 0.903. The molecule has 1 amide bonds. The molecule has 1 aromatic carbocycles. The summed E-state index contributed by atoms with van der Waals surface area (Å²) in [6, 6.07) is 3.50. The summed E-state index contributed by atoms with van der Waals surface area (Å²) in [6.45, 7) is 0.380. The lowest BCUT2D eigenvalue weighted by atomic mass is 9.80. The van der Waals surface area contributed by atoms with Gasteiger partial charge < -0.3 is 10.6 Å². The Kier molecular flexibility index (Phi) is 4.14. The van der Waals surface area contributed by atoms with Crippen molar-refractivity contribution < 1.29 is 13.6 Å². The fraction of sp³-hybridized carbons (Fsp3) is 0.500. The van der Waals surface area contributed by atoms with Crippen molar-refractivity contribution in [2.45, 2.75) is 25.3 Å². The van der Waals surface area contributed by atoms with Crippen molar-refractivity contribution in [2.75, 3.05) is 13.6 Å². The van der Waals surface area contributed by atoms with Gasteiger partial charge >= 0.3 is 0 Å². The van der Waals surface area contributed by atoms with Crippen LogP contribution in [0.15, 0.2) is 18.2 Å². The number of carbonyl (C=O) groups is 1. The molecule has 0 aromatic heterocycles. The molecule has 0 unspecified atom stereocenters. The fourth-order valence-corrected chi connectivity index (χ4v) is 2.31. The van der Waals surface area contributed by atoms with Gasteiger partial charge in [-0.1, -0.05) is 0 Å². The molecule has 5 heteroatoms. The van der Waals surface area contributed by atoms with Crippen molar-refractivity contribution in [3.8, 4) is 0 Å². The number of nitrogens with two attached hydrogens (primary N) is 1. The molecule has 0 radical (unpaired) electrons. The smallest absolute Gasteiger partial charge is 0.225 e. The maximum atomic E-state index is 13.4. The van der Waals surface area contributed by atoms with Gasteiger partial charge in [0.1, 0.15) is 11.6 Å². The van der Waals surface area contributed by atoms with Gasteiger partial charge in [-0.05, 0) is 43.0 Å². The zero-order valence-corrected chi connectivity index (χ0v) is 10.9. The largest absolute Gasteiger partial charge is 0.345 e. The van der Waals surface area contributed by atoms with Gasteiger partial charge in [0, 0.05) is 25.6 Å². The SMILES string of the molecule is CN(CCc1cc(F)ccc1F)C(=O)C1CC(N)C1.